The molecule has 3 aromatic heterocycles. The fourth-order valence-corrected chi connectivity index (χ4v) is 5.89. The van der Waals surface area contributed by atoms with Crippen LogP contribution in [0.2, 0.25) is 0 Å². The molecule has 0 spiro atoms. The Morgan fingerprint density at radius 2 is 1.84 bits per heavy atom. The summed E-state index contributed by atoms with van der Waals surface area (Å²) in [4.78, 5) is 36.5. The molecule has 1 unspecified atom stereocenters. The Morgan fingerprint density at radius 3 is 2.52 bits per heavy atom. The van der Waals surface area contributed by atoms with Gasteiger partial charge in [0.25, 0.3) is 12.0 Å². The van der Waals surface area contributed by atoms with Crippen molar-refractivity contribution in [3.05, 3.63) is 65.4 Å². The summed E-state index contributed by atoms with van der Waals surface area (Å²) in [6, 6.07) is 7.41. The van der Waals surface area contributed by atoms with Gasteiger partial charge in [-0.1, -0.05) is 12.1 Å². The number of likely N-dealkylation sites (tertiary alicyclic amines) is 1. The van der Waals surface area contributed by atoms with Crippen molar-refractivity contribution in [2.75, 3.05) is 51.2 Å². The molecule has 2 fully saturated rings. The molecule has 0 bridgehead atoms. The minimum Gasteiger partial charge on any atom is -0.388 e. The molecule has 234 valence electrons. The number of imidazole rings is 1. The maximum atomic E-state index is 13.6. The lowest BCUT2D eigenvalue weighted by Crippen LogP contribution is -2.50. The smallest absolute Gasteiger partial charge is 0.296 e. The second-order valence-corrected chi connectivity index (χ2v) is 11.6. The number of hydrogen-bond acceptors (Lipinski definition) is 8. The van der Waals surface area contributed by atoms with Crippen LogP contribution < -0.4 is 10.5 Å². The number of carbonyl (C=O) groups is 1. The molecular weight excluding hydrogens is 579 g/mol. The van der Waals surface area contributed by atoms with Gasteiger partial charge >= 0.3 is 0 Å². The summed E-state index contributed by atoms with van der Waals surface area (Å²) < 4.78 is 44.0. The van der Waals surface area contributed by atoms with Crippen LogP contribution in [0.3, 0.4) is 0 Å². The van der Waals surface area contributed by atoms with E-state index in [2.05, 4.69) is 44.2 Å². The van der Waals surface area contributed by atoms with Crippen LogP contribution in [0.1, 0.15) is 25.3 Å². The summed E-state index contributed by atoms with van der Waals surface area (Å²) in [5, 5.41) is 19.1. The van der Waals surface area contributed by atoms with Crippen LogP contribution in [0.25, 0.3) is 16.9 Å². The van der Waals surface area contributed by atoms with Crippen LogP contribution in [-0.4, -0.2) is 108 Å². The van der Waals surface area contributed by atoms with Gasteiger partial charge in [0, 0.05) is 62.8 Å². The highest BCUT2D eigenvalue weighted by atomic mass is 19.3. The van der Waals surface area contributed by atoms with Crippen molar-refractivity contribution in [2.45, 2.75) is 43.9 Å². The number of nitrogens with zero attached hydrogens (tertiary/aromatic N) is 9. The van der Waals surface area contributed by atoms with E-state index in [4.69, 9.17) is 0 Å². The highest BCUT2D eigenvalue weighted by Gasteiger charge is 2.36. The van der Waals surface area contributed by atoms with Gasteiger partial charge in [-0.05, 0) is 32.0 Å². The molecule has 1 N–H and O–H groups in total. The predicted molar refractivity (Wildman–Crippen MR) is 155 cm³/mol. The first-order chi connectivity index (χ1) is 21.1. The first kappa shape index (κ1) is 29.8. The first-order valence-corrected chi connectivity index (χ1v) is 14.6. The van der Waals surface area contributed by atoms with E-state index in [-0.39, 0.29) is 38.1 Å². The Hall–Kier alpha value is -4.24. The Morgan fingerprint density at radius 1 is 1.09 bits per heavy atom. The average molecular weight is 614 g/mol. The lowest BCUT2D eigenvalue weighted by Gasteiger charge is -2.38. The standard InChI is InChI=1S/C29H34F3N9O3/c1-36-11-13-37(14-12-36)21-4-2-3-20(15-21)23-17-33-27-28(43)39(19-34-41(23)27)18-29(44)6-9-38(10-7-29)25(42)16-22(26(31)32)40-8-5-24(30)35-40/h2-5,8,15,17,19,22,26,44H,6-7,9-14,16,18H2,1H3. The number of aliphatic hydroxyl groups is 1. The topological polar surface area (TPSA) is 117 Å². The van der Waals surface area contributed by atoms with E-state index in [9.17, 15) is 27.9 Å². The van der Waals surface area contributed by atoms with E-state index in [0.717, 1.165) is 54.4 Å². The van der Waals surface area contributed by atoms with Crippen molar-refractivity contribution in [1.29, 1.82) is 0 Å². The molecule has 5 heterocycles. The summed E-state index contributed by atoms with van der Waals surface area (Å²) >= 11 is 0. The van der Waals surface area contributed by atoms with Crippen LogP contribution in [0.4, 0.5) is 18.9 Å². The van der Waals surface area contributed by atoms with Crippen molar-refractivity contribution in [3.8, 4) is 11.3 Å². The van der Waals surface area contributed by atoms with Crippen molar-refractivity contribution in [3.63, 3.8) is 0 Å². The number of piperidine rings is 1. The lowest BCUT2D eigenvalue weighted by atomic mass is 9.91. The van der Waals surface area contributed by atoms with Gasteiger partial charge < -0.3 is 19.8 Å². The summed E-state index contributed by atoms with van der Waals surface area (Å²) in [6.07, 6.45) is 0.842. The van der Waals surface area contributed by atoms with Gasteiger partial charge in [0.1, 0.15) is 12.4 Å². The molecule has 2 aliphatic rings. The Balaban J connectivity index is 1.12. The fourth-order valence-electron chi connectivity index (χ4n) is 5.89. The van der Waals surface area contributed by atoms with Gasteiger partial charge in [0.2, 0.25) is 17.5 Å². The number of aromatic nitrogens is 6. The molecule has 12 nitrogen and oxygen atoms in total. The number of hydrogen-bond donors (Lipinski definition) is 1. The molecule has 0 saturated carbocycles. The van der Waals surface area contributed by atoms with E-state index < -0.39 is 41.9 Å². The van der Waals surface area contributed by atoms with Gasteiger partial charge in [-0.15, -0.1) is 5.10 Å². The molecule has 1 atom stereocenters. The minimum absolute atomic E-state index is 0.0648. The Labute approximate surface area is 250 Å². The third-order valence-corrected chi connectivity index (χ3v) is 8.61. The Bertz CT molecular complexity index is 1690. The molecule has 2 saturated heterocycles. The van der Waals surface area contributed by atoms with Gasteiger partial charge in [-0.25, -0.2) is 18.3 Å². The van der Waals surface area contributed by atoms with Crippen LogP contribution >= 0.6 is 0 Å². The molecule has 1 amide bonds. The number of likely N-dealkylation sites (N-methyl/N-ethyl adjacent to an activating group) is 1. The largest absolute Gasteiger partial charge is 0.388 e. The highest BCUT2D eigenvalue weighted by molar-refractivity contribution is 5.76. The van der Waals surface area contributed by atoms with E-state index in [1.54, 1.807) is 6.20 Å². The molecule has 6 rings (SSSR count). The summed E-state index contributed by atoms with van der Waals surface area (Å²) in [7, 11) is 2.11. The fraction of sp³-hybridized carbons (Fsp3) is 0.483. The van der Waals surface area contributed by atoms with Gasteiger partial charge in [-0.2, -0.15) is 9.49 Å². The second-order valence-electron chi connectivity index (χ2n) is 11.6. The maximum absolute atomic E-state index is 13.6. The van der Waals surface area contributed by atoms with Crippen molar-refractivity contribution >= 4 is 17.2 Å². The molecule has 1 aromatic carbocycles. The number of alkyl halides is 2. The number of piperazine rings is 1. The quantitative estimate of drug-likeness (QED) is 0.321. The second kappa shape index (κ2) is 12.0. The SMILES string of the molecule is CN1CCN(c2cccc(-c3cnc4c(=O)n(CC5(O)CCN(C(=O)CC(C(F)F)n6ccc(F)n6)CC5)cnn34)c2)CC1. The lowest BCUT2D eigenvalue weighted by molar-refractivity contribution is -0.138. The van der Waals surface area contributed by atoms with Crippen molar-refractivity contribution in [1.82, 2.24) is 38.7 Å². The minimum atomic E-state index is -2.92. The summed E-state index contributed by atoms with van der Waals surface area (Å²) in [5.41, 5.74) is 1.02. The molecule has 44 heavy (non-hydrogen) atoms. The zero-order valence-electron chi connectivity index (χ0n) is 24.3. The number of carbonyl (C=O) groups excluding carboxylic acids is 1. The molecule has 0 radical (unpaired) electrons. The molecule has 4 aromatic rings. The van der Waals surface area contributed by atoms with E-state index in [0.29, 0.717) is 5.69 Å². The molecular formula is C29H34F3N9O3. The van der Waals surface area contributed by atoms with E-state index in [1.165, 1.54) is 20.3 Å². The third-order valence-electron chi connectivity index (χ3n) is 8.61. The first-order valence-electron chi connectivity index (χ1n) is 14.6. The Kier molecular flexibility index (Phi) is 8.16. The normalized spacial score (nSPS) is 18.3. The number of fused-ring (bicyclic) bond motifs is 1. The zero-order valence-corrected chi connectivity index (χ0v) is 24.3. The van der Waals surface area contributed by atoms with E-state index in [1.807, 2.05) is 12.1 Å². The van der Waals surface area contributed by atoms with Crippen LogP contribution in [0.15, 0.2) is 53.8 Å². The zero-order chi connectivity index (χ0) is 31.0. The molecule has 15 heteroatoms. The van der Waals surface area contributed by atoms with E-state index >= 15 is 0 Å². The van der Waals surface area contributed by atoms with Crippen LogP contribution in [-0.2, 0) is 11.3 Å². The molecule has 0 aliphatic carbocycles. The van der Waals surface area contributed by atoms with Gasteiger partial charge in [0.05, 0.1) is 30.5 Å². The summed E-state index contributed by atoms with van der Waals surface area (Å²) in [5.74, 6) is -1.45. The summed E-state index contributed by atoms with van der Waals surface area (Å²) in [6.45, 7) is 3.97. The average Bonchev–Trinajstić information content (AvgIpc) is 3.64. The molecule has 2 aliphatic heterocycles. The monoisotopic (exact) mass is 613 g/mol. The third kappa shape index (κ3) is 6.06. The van der Waals surface area contributed by atoms with Crippen molar-refractivity contribution < 1.29 is 23.1 Å². The number of amides is 1. The van der Waals surface area contributed by atoms with Gasteiger partial charge in [-0.3, -0.25) is 18.8 Å². The number of halogens is 3. The number of benzene rings is 1. The van der Waals surface area contributed by atoms with Gasteiger partial charge in [0.15, 0.2) is 0 Å². The van der Waals surface area contributed by atoms with Crippen molar-refractivity contribution in [2.24, 2.45) is 0 Å². The highest BCUT2D eigenvalue weighted by Crippen LogP contribution is 2.28. The van der Waals surface area contributed by atoms with Crippen LogP contribution in [0.5, 0.6) is 0 Å². The predicted octanol–water partition coefficient (Wildman–Crippen LogP) is 1.90. The maximum Gasteiger partial charge on any atom is 0.296 e. The number of anilines is 1. The number of rotatable bonds is 8. The van der Waals surface area contributed by atoms with Crippen LogP contribution in [0, 0.1) is 5.95 Å².